The first kappa shape index (κ1) is 25.1. The summed E-state index contributed by atoms with van der Waals surface area (Å²) in [6, 6.07) is 12.2. The molecule has 0 saturated carbocycles. The van der Waals surface area contributed by atoms with E-state index >= 15 is 0 Å². The Balaban J connectivity index is 1.59. The van der Waals surface area contributed by atoms with Gasteiger partial charge in [-0.3, -0.25) is 0 Å². The molecule has 0 radical (unpaired) electrons. The molecule has 0 aliphatic heterocycles. The van der Waals surface area contributed by atoms with Crippen molar-refractivity contribution in [2.24, 2.45) is 0 Å². The number of aliphatic hydroxyl groups is 1. The molecule has 1 aromatic heterocycles. The third-order valence-corrected chi connectivity index (χ3v) is 4.94. The predicted molar refractivity (Wildman–Crippen MR) is 125 cm³/mol. The van der Waals surface area contributed by atoms with Gasteiger partial charge in [0.2, 0.25) is 12.2 Å². The smallest absolute Gasteiger partial charge is 0.416 e. The molecular formula is C23H27F3N6O2. The average Bonchev–Trinajstić information content (AvgIpc) is 2.79. The SMILES string of the molecule is CNCCN(C)c1cc(Oc2ccc(NC(O)Nc3ccc(C)c(C(F)(F)F)c3)cc2)ncn1. The van der Waals surface area contributed by atoms with Crippen molar-refractivity contribution in [3.05, 3.63) is 66.0 Å². The molecule has 3 aromatic rings. The number of rotatable bonds is 10. The van der Waals surface area contributed by atoms with Gasteiger partial charge in [-0.1, -0.05) is 6.07 Å². The molecule has 0 bridgehead atoms. The highest BCUT2D eigenvalue weighted by molar-refractivity contribution is 5.53. The average molecular weight is 477 g/mol. The molecule has 0 fully saturated rings. The molecule has 0 amide bonds. The normalized spacial score (nSPS) is 12.2. The first-order valence-corrected chi connectivity index (χ1v) is 10.5. The highest BCUT2D eigenvalue weighted by Gasteiger charge is 2.32. The quantitative estimate of drug-likeness (QED) is 0.326. The van der Waals surface area contributed by atoms with Crippen LogP contribution in [0.5, 0.6) is 11.6 Å². The van der Waals surface area contributed by atoms with E-state index in [1.807, 2.05) is 19.0 Å². The second-order valence-electron chi connectivity index (χ2n) is 7.58. The van der Waals surface area contributed by atoms with E-state index in [0.29, 0.717) is 17.3 Å². The molecular weight excluding hydrogens is 449 g/mol. The van der Waals surface area contributed by atoms with Gasteiger partial charge in [0.25, 0.3) is 0 Å². The van der Waals surface area contributed by atoms with Gasteiger partial charge in [-0.15, -0.1) is 0 Å². The number of ether oxygens (including phenoxy) is 1. The molecule has 2 aromatic carbocycles. The van der Waals surface area contributed by atoms with Crippen molar-refractivity contribution in [1.82, 2.24) is 15.3 Å². The number of halogens is 3. The Hall–Kier alpha value is -3.57. The standard InChI is InChI=1S/C23H27F3N6O2/c1-15-4-5-17(12-19(15)23(24,25)26)31-22(33)30-16-6-8-18(9-7-16)34-21-13-20(28-14-29-21)32(3)11-10-27-2/h4-9,12-14,22,27,30-31,33H,10-11H2,1-3H3. The van der Waals surface area contributed by atoms with Crippen LogP contribution in [-0.2, 0) is 6.18 Å². The summed E-state index contributed by atoms with van der Waals surface area (Å²) in [5, 5.41) is 18.7. The van der Waals surface area contributed by atoms with E-state index in [2.05, 4.69) is 25.9 Å². The summed E-state index contributed by atoms with van der Waals surface area (Å²) < 4.78 is 45.0. The van der Waals surface area contributed by atoms with Crippen LogP contribution in [0.1, 0.15) is 11.1 Å². The first-order valence-electron chi connectivity index (χ1n) is 10.5. The lowest BCUT2D eigenvalue weighted by atomic mass is 10.1. The minimum Gasteiger partial charge on any atom is -0.439 e. The van der Waals surface area contributed by atoms with Crippen molar-refractivity contribution in [1.29, 1.82) is 0 Å². The number of hydrogen-bond donors (Lipinski definition) is 4. The van der Waals surface area contributed by atoms with Crippen LogP contribution in [0.4, 0.5) is 30.4 Å². The highest BCUT2D eigenvalue weighted by atomic mass is 19.4. The highest BCUT2D eigenvalue weighted by Crippen LogP contribution is 2.33. The summed E-state index contributed by atoms with van der Waals surface area (Å²) in [4.78, 5) is 10.3. The van der Waals surface area contributed by atoms with E-state index in [9.17, 15) is 18.3 Å². The van der Waals surface area contributed by atoms with Crippen molar-refractivity contribution >= 4 is 17.2 Å². The van der Waals surface area contributed by atoms with Crippen LogP contribution in [0, 0.1) is 6.92 Å². The zero-order valence-electron chi connectivity index (χ0n) is 19.0. The molecule has 4 N–H and O–H groups in total. The molecule has 0 aliphatic carbocycles. The van der Waals surface area contributed by atoms with Crippen molar-refractivity contribution in [3.8, 4) is 11.6 Å². The van der Waals surface area contributed by atoms with E-state index in [4.69, 9.17) is 4.74 Å². The summed E-state index contributed by atoms with van der Waals surface area (Å²) in [6.07, 6.45) is -4.36. The topological polar surface area (TPSA) is 94.6 Å². The Morgan fingerprint density at radius 3 is 2.38 bits per heavy atom. The summed E-state index contributed by atoms with van der Waals surface area (Å²) >= 11 is 0. The van der Waals surface area contributed by atoms with Crippen LogP contribution in [-0.4, -0.2) is 48.6 Å². The molecule has 0 aliphatic rings. The number of nitrogens with zero attached hydrogens (tertiary/aromatic N) is 3. The van der Waals surface area contributed by atoms with Crippen LogP contribution in [0.3, 0.4) is 0 Å². The first-order chi connectivity index (χ1) is 16.2. The van der Waals surface area contributed by atoms with Gasteiger partial charge in [-0.05, 0) is 55.9 Å². The minimum absolute atomic E-state index is 0.108. The van der Waals surface area contributed by atoms with Gasteiger partial charge in [0.15, 0.2) is 0 Å². The fourth-order valence-electron chi connectivity index (χ4n) is 3.10. The van der Waals surface area contributed by atoms with Gasteiger partial charge in [0, 0.05) is 37.6 Å². The second-order valence-corrected chi connectivity index (χ2v) is 7.58. The van der Waals surface area contributed by atoms with Crippen molar-refractivity contribution < 1.29 is 23.0 Å². The van der Waals surface area contributed by atoms with Crippen molar-refractivity contribution in [2.75, 3.05) is 42.7 Å². The van der Waals surface area contributed by atoms with Gasteiger partial charge in [0.1, 0.15) is 17.9 Å². The molecule has 3 rings (SSSR count). The molecule has 1 unspecified atom stereocenters. The third kappa shape index (κ3) is 6.96. The van der Waals surface area contributed by atoms with Gasteiger partial charge in [0.05, 0.1) is 5.56 Å². The molecule has 182 valence electrons. The molecule has 1 heterocycles. The van der Waals surface area contributed by atoms with Crippen molar-refractivity contribution in [3.63, 3.8) is 0 Å². The Morgan fingerprint density at radius 1 is 1.03 bits per heavy atom. The number of aliphatic hydroxyl groups excluding tert-OH is 1. The van der Waals surface area contributed by atoms with E-state index in [1.165, 1.54) is 25.4 Å². The van der Waals surface area contributed by atoms with Crippen LogP contribution in [0.2, 0.25) is 0 Å². The number of aryl methyl sites for hydroxylation is 1. The lowest BCUT2D eigenvalue weighted by Crippen LogP contribution is -2.28. The lowest BCUT2D eigenvalue weighted by molar-refractivity contribution is -0.138. The Bertz CT molecular complexity index is 1080. The van der Waals surface area contributed by atoms with Crippen LogP contribution >= 0.6 is 0 Å². The maximum atomic E-state index is 13.1. The van der Waals surface area contributed by atoms with Gasteiger partial charge < -0.3 is 30.7 Å². The van der Waals surface area contributed by atoms with Crippen molar-refractivity contribution in [2.45, 2.75) is 19.5 Å². The van der Waals surface area contributed by atoms with Crippen LogP contribution < -0.4 is 25.6 Å². The number of nitrogens with one attached hydrogen (secondary N) is 3. The monoisotopic (exact) mass is 476 g/mol. The van der Waals surface area contributed by atoms with Crippen LogP contribution in [0.25, 0.3) is 0 Å². The number of benzene rings is 2. The zero-order chi connectivity index (χ0) is 24.7. The fourth-order valence-corrected chi connectivity index (χ4v) is 3.10. The summed E-state index contributed by atoms with van der Waals surface area (Å²) in [7, 11) is 3.80. The largest absolute Gasteiger partial charge is 0.439 e. The summed E-state index contributed by atoms with van der Waals surface area (Å²) in [5.74, 6) is 1.62. The lowest BCUT2D eigenvalue weighted by Gasteiger charge is -2.19. The minimum atomic E-state index is -4.47. The maximum absolute atomic E-state index is 13.1. The molecule has 1 atom stereocenters. The fraction of sp³-hybridized carbons (Fsp3) is 0.304. The summed E-state index contributed by atoms with van der Waals surface area (Å²) in [5.41, 5.74) is 0.0200. The van der Waals surface area contributed by atoms with Crippen LogP contribution in [0.15, 0.2) is 54.9 Å². The molecule has 34 heavy (non-hydrogen) atoms. The number of likely N-dealkylation sites (N-methyl/N-ethyl adjacent to an activating group) is 2. The third-order valence-electron chi connectivity index (χ3n) is 4.94. The molecule has 11 heteroatoms. The van der Waals surface area contributed by atoms with Gasteiger partial charge in [-0.2, -0.15) is 13.2 Å². The van der Waals surface area contributed by atoms with Gasteiger partial charge in [-0.25, -0.2) is 9.97 Å². The molecule has 8 nitrogen and oxygen atoms in total. The van der Waals surface area contributed by atoms with Gasteiger partial charge >= 0.3 is 6.18 Å². The predicted octanol–water partition coefficient (Wildman–Crippen LogP) is 4.05. The Morgan fingerprint density at radius 2 is 1.71 bits per heavy atom. The zero-order valence-corrected chi connectivity index (χ0v) is 19.0. The molecule has 0 spiro atoms. The number of anilines is 3. The number of aromatic nitrogens is 2. The summed E-state index contributed by atoms with van der Waals surface area (Å²) in [6.45, 7) is 2.96. The van der Waals surface area contributed by atoms with E-state index in [1.54, 1.807) is 30.3 Å². The molecule has 0 saturated heterocycles. The van der Waals surface area contributed by atoms with E-state index < -0.39 is 18.1 Å². The number of alkyl halides is 3. The number of hydrogen-bond acceptors (Lipinski definition) is 8. The Kier molecular flexibility index (Phi) is 8.13. The van der Waals surface area contributed by atoms with E-state index in [0.717, 1.165) is 25.0 Å². The van der Waals surface area contributed by atoms with E-state index in [-0.39, 0.29) is 11.3 Å². The second kappa shape index (κ2) is 11.0. The Labute approximate surface area is 195 Å². The maximum Gasteiger partial charge on any atom is 0.416 e.